The number of methoxy groups -OCH3 is 1. The summed E-state index contributed by atoms with van der Waals surface area (Å²) < 4.78 is 16.9. The molecular formula is C19H23NO5. The van der Waals surface area contributed by atoms with Crippen molar-refractivity contribution in [1.29, 1.82) is 0 Å². The summed E-state index contributed by atoms with van der Waals surface area (Å²) in [7, 11) is 1.58. The van der Waals surface area contributed by atoms with E-state index < -0.39 is 0 Å². The molecule has 2 saturated heterocycles. The lowest BCUT2D eigenvalue weighted by Gasteiger charge is -2.17. The van der Waals surface area contributed by atoms with Crippen LogP contribution in [0, 0.1) is 11.8 Å². The molecule has 25 heavy (non-hydrogen) atoms. The van der Waals surface area contributed by atoms with Gasteiger partial charge in [0.05, 0.1) is 32.5 Å². The van der Waals surface area contributed by atoms with Gasteiger partial charge in [0.25, 0.3) is 0 Å². The highest BCUT2D eigenvalue weighted by atomic mass is 16.6. The van der Waals surface area contributed by atoms with Gasteiger partial charge >= 0.3 is 0 Å². The van der Waals surface area contributed by atoms with Gasteiger partial charge in [0.2, 0.25) is 5.91 Å². The van der Waals surface area contributed by atoms with E-state index in [0.29, 0.717) is 30.9 Å². The topological polar surface area (TPSA) is 73.9 Å². The Morgan fingerprint density at radius 1 is 1.20 bits per heavy atom. The van der Waals surface area contributed by atoms with E-state index in [1.54, 1.807) is 19.2 Å². The zero-order valence-corrected chi connectivity index (χ0v) is 14.3. The van der Waals surface area contributed by atoms with Crippen molar-refractivity contribution < 1.29 is 23.8 Å². The molecule has 4 rings (SSSR count). The van der Waals surface area contributed by atoms with E-state index in [0.717, 1.165) is 12.8 Å². The molecule has 2 heterocycles. The van der Waals surface area contributed by atoms with Crippen LogP contribution in [-0.4, -0.2) is 50.3 Å². The smallest absolute Gasteiger partial charge is 0.223 e. The number of amides is 1. The second kappa shape index (κ2) is 6.77. The van der Waals surface area contributed by atoms with Gasteiger partial charge in [-0.15, -0.1) is 0 Å². The highest BCUT2D eigenvalue weighted by Crippen LogP contribution is 2.35. The third-order valence-electron chi connectivity index (χ3n) is 5.27. The first kappa shape index (κ1) is 16.5. The van der Waals surface area contributed by atoms with Gasteiger partial charge in [0.1, 0.15) is 11.9 Å². The maximum Gasteiger partial charge on any atom is 0.223 e. The van der Waals surface area contributed by atoms with Crippen molar-refractivity contribution in [1.82, 2.24) is 5.32 Å². The zero-order valence-electron chi connectivity index (χ0n) is 14.3. The standard InChI is InChI=1S/C19H23NO5/c1-23-14-4-2-3-12(7-14)16(21)8-13-9-24-18-15(10-25-17(13)18)20-19(22)11-5-6-11/h2-4,7,11,13,15,17-18H,5-6,8-10H2,1H3,(H,20,22). The van der Waals surface area contributed by atoms with E-state index in [4.69, 9.17) is 14.2 Å². The molecule has 6 nitrogen and oxygen atoms in total. The average Bonchev–Trinajstić information content (AvgIpc) is 3.31. The van der Waals surface area contributed by atoms with Crippen LogP contribution >= 0.6 is 0 Å². The van der Waals surface area contributed by atoms with Crippen molar-refractivity contribution in [2.75, 3.05) is 20.3 Å². The molecule has 1 N–H and O–H groups in total. The summed E-state index contributed by atoms with van der Waals surface area (Å²) in [4.78, 5) is 24.5. The maximum atomic E-state index is 12.6. The highest BCUT2D eigenvalue weighted by molar-refractivity contribution is 5.96. The molecule has 4 unspecified atom stereocenters. The van der Waals surface area contributed by atoms with Gasteiger partial charge in [-0.25, -0.2) is 0 Å². The van der Waals surface area contributed by atoms with Gasteiger partial charge in [-0.2, -0.15) is 0 Å². The molecule has 0 radical (unpaired) electrons. The number of hydrogen-bond acceptors (Lipinski definition) is 5. The van der Waals surface area contributed by atoms with Crippen LogP contribution in [0.5, 0.6) is 5.75 Å². The Hall–Kier alpha value is -1.92. The zero-order chi connectivity index (χ0) is 17.4. The van der Waals surface area contributed by atoms with Crippen LogP contribution in [0.2, 0.25) is 0 Å². The number of nitrogens with one attached hydrogen (secondary N) is 1. The molecular weight excluding hydrogens is 322 g/mol. The molecule has 1 saturated carbocycles. The number of rotatable bonds is 6. The number of carbonyl (C=O) groups excluding carboxylic acids is 2. The molecule has 1 amide bonds. The Kier molecular flexibility index (Phi) is 4.48. The van der Waals surface area contributed by atoms with Crippen LogP contribution < -0.4 is 10.1 Å². The van der Waals surface area contributed by atoms with E-state index in [9.17, 15) is 9.59 Å². The van der Waals surface area contributed by atoms with E-state index >= 15 is 0 Å². The van der Waals surface area contributed by atoms with Crippen LogP contribution in [0.15, 0.2) is 24.3 Å². The number of ketones is 1. The summed E-state index contributed by atoms with van der Waals surface area (Å²) in [5, 5.41) is 3.04. The Morgan fingerprint density at radius 3 is 2.76 bits per heavy atom. The maximum absolute atomic E-state index is 12.6. The first-order chi connectivity index (χ1) is 12.2. The lowest BCUT2D eigenvalue weighted by molar-refractivity contribution is -0.123. The molecule has 0 spiro atoms. The molecule has 0 bridgehead atoms. The normalized spacial score (nSPS) is 30.8. The summed E-state index contributed by atoms with van der Waals surface area (Å²) in [5.74, 6) is 1.03. The largest absolute Gasteiger partial charge is 0.497 e. The molecule has 1 aromatic carbocycles. The summed E-state index contributed by atoms with van der Waals surface area (Å²) in [6.07, 6.45) is 2.06. The lowest BCUT2D eigenvalue weighted by Crippen LogP contribution is -2.44. The quantitative estimate of drug-likeness (QED) is 0.793. The van der Waals surface area contributed by atoms with Gasteiger partial charge in [-0.1, -0.05) is 12.1 Å². The summed E-state index contributed by atoms with van der Waals surface area (Å²) in [6.45, 7) is 0.943. The number of benzene rings is 1. The molecule has 1 aromatic rings. The van der Waals surface area contributed by atoms with Crippen molar-refractivity contribution in [2.24, 2.45) is 11.8 Å². The summed E-state index contributed by atoms with van der Waals surface area (Å²) >= 11 is 0. The Labute approximate surface area is 146 Å². The Balaban J connectivity index is 1.36. The fraction of sp³-hybridized carbons (Fsp3) is 0.579. The predicted molar refractivity (Wildman–Crippen MR) is 89.6 cm³/mol. The molecule has 0 aromatic heterocycles. The Morgan fingerprint density at radius 2 is 2.00 bits per heavy atom. The molecule has 3 aliphatic rings. The third-order valence-corrected chi connectivity index (χ3v) is 5.27. The van der Waals surface area contributed by atoms with Crippen molar-refractivity contribution in [3.05, 3.63) is 29.8 Å². The molecule has 1 aliphatic carbocycles. The number of hydrogen-bond donors (Lipinski definition) is 1. The average molecular weight is 345 g/mol. The SMILES string of the molecule is COc1cccc(C(=O)CC2COC3C(NC(=O)C4CC4)COC23)c1. The van der Waals surface area contributed by atoms with Crippen LogP contribution in [0.3, 0.4) is 0 Å². The molecule has 3 fully saturated rings. The van der Waals surface area contributed by atoms with Crippen molar-refractivity contribution in [3.63, 3.8) is 0 Å². The van der Waals surface area contributed by atoms with E-state index in [1.807, 2.05) is 12.1 Å². The minimum absolute atomic E-state index is 0.0199. The van der Waals surface area contributed by atoms with Crippen molar-refractivity contribution in [2.45, 2.75) is 37.5 Å². The minimum atomic E-state index is -0.147. The molecule has 6 heteroatoms. The number of carbonyl (C=O) groups is 2. The third kappa shape index (κ3) is 3.41. The fourth-order valence-electron chi connectivity index (χ4n) is 3.68. The van der Waals surface area contributed by atoms with Crippen LogP contribution in [-0.2, 0) is 14.3 Å². The van der Waals surface area contributed by atoms with Crippen LogP contribution in [0.25, 0.3) is 0 Å². The number of fused-ring (bicyclic) bond motifs is 1. The summed E-state index contributed by atoms with van der Waals surface area (Å²) in [6, 6.07) is 7.08. The first-order valence-corrected chi connectivity index (χ1v) is 8.86. The second-order valence-electron chi connectivity index (χ2n) is 7.10. The number of Topliss-reactive ketones (excluding diaryl/α,β-unsaturated/α-hetero) is 1. The van der Waals surface area contributed by atoms with E-state index in [1.165, 1.54) is 0 Å². The minimum Gasteiger partial charge on any atom is -0.497 e. The molecule has 134 valence electrons. The summed E-state index contributed by atoms with van der Waals surface area (Å²) in [5.41, 5.74) is 0.638. The number of ether oxygens (including phenoxy) is 3. The van der Waals surface area contributed by atoms with Crippen molar-refractivity contribution >= 4 is 11.7 Å². The first-order valence-electron chi connectivity index (χ1n) is 8.86. The van der Waals surface area contributed by atoms with Gasteiger partial charge < -0.3 is 19.5 Å². The van der Waals surface area contributed by atoms with Gasteiger partial charge in [0, 0.05) is 23.8 Å². The van der Waals surface area contributed by atoms with Crippen molar-refractivity contribution in [3.8, 4) is 5.75 Å². The fourth-order valence-corrected chi connectivity index (χ4v) is 3.68. The highest BCUT2D eigenvalue weighted by Gasteiger charge is 2.49. The van der Waals surface area contributed by atoms with Gasteiger partial charge in [-0.05, 0) is 25.0 Å². The predicted octanol–water partition coefficient (Wildman–Crippen LogP) is 1.58. The van der Waals surface area contributed by atoms with Crippen LogP contribution in [0.1, 0.15) is 29.6 Å². The monoisotopic (exact) mass is 345 g/mol. The second-order valence-corrected chi connectivity index (χ2v) is 7.10. The molecule has 4 atom stereocenters. The lowest BCUT2D eigenvalue weighted by atomic mass is 9.92. The van der Waals surface area contributed by atoms with Crippen LogP contribution in [0.4, 0.5) is 0 Å². The van der Waals surface area contributed by atoms with E-state index in [2.05, 4.69) is 5.32 Å². The van der Waals surface area contributed by atoms with Gasteiger partial charge in [-0.3, -0.25) is 9.59 Å². The molecule has 2 aliphatic heterocycles. The van der Waals surface area contributed by atoms with Gasteiger partial charge in [0.15, 0.2) is 5.78 Å². The van der Waals surface area contributed by atoms with E-state index in [-0.39, 0.29) is 41.8 Å². The Bertz CT molecular complexity index is 672.